The van der Waals surface area contributed by atoms with Crippen molar-refractivity contribution < 1.29 is 0 Å². The largest absolute Gasteiger partial charge is 0.338 e. The molecule has 2 aromatic carbocycles. The zero-order valence-corrected chi connectivity index (χ0v) is 11.0. The predicted octanol–water partition coefficient (Wildman–Crippen LogP) is 4.88. The Morgan fingerprint density at radius 2 is 1.56 bits per heavy atom. The minimum Gasteiger partial charge on any atom is -0.338 e. The van der Waals surface area contributed by atoms with Crippen LogP contribution in [0.15, 0.2) is 61.2 Å². The molecule has 0 saturated heterocycles. The summed E-state index contributed by atoms with van der Waals surface area (Å²) in [5, 5.41) is 0. The quantitative estimate of drug-likeness (QED) is 0.732. The van der Waals surface area contributed by atoms with E-state index in [9.17, 15) is 0 Å². The minimum atomic E-state index is 0.397. The first-order valence-corrected chi connectivity index (χ1v) is 6.30. The van der Waals surface area contributed by atoms with Crippen LogP contribution in [-0.4, -0.2) is 6.04 Å². The molecule has 0 amide bonds. The first kappa shape index (κ1) is 12.4. The van der Waals surface area contributed by atoms with Crippen molar-refractivity contribution in [2.24, 2.45) is 0 Å². The summed E-state index contributed by atoms with van der Waals surface area (Å²) in [4.78, 5) is 2.33. The number of benzene rings is 2. The second kappa shape index (κ2) is 5.54. The molecule has 0 bridgehead atoms. The molecule has 0 fully saturated rings. The first-order chi connectivity index (χ1) is 8.74. The van der Waals surface area contributed by atoms with Crippen molar-refractivity contribution in [1.82, 2.24) is 0 Å². The van der Waals surface area contributed by atoms with Crippen molar-refractivity contribution in [2.75, 3.05) is 4.90 Å². The molecule has 0 spiro atoms. The molecular formula is C17H19N. The van der Waals surface area contributed by atoms with Crippen LogP contribution in [0.25, 0.3) is 6.08 Å². The van der Waals surface area contributed by atoms with E-state index in [2.05, 4.69) is 67.8 Å². The fraction of sp³-hybridized carbons (Fsp3) is 0.176. The molecule has 0 N–H and O–H groups in total. The van der Waals surface area contributed by atoms with Crippen molar-refractivity contribution in [3.63, 3.8) is 0 Å². The van der Waals surface area contributed by atoms with Crippen molar-refractivity contribution in [1.29, 1.82) is 0 Å². The molecule has 1 nitrogen and oxygen atoms in total. The predicted molar refractivity (Wildman–Crippen MR) is 80.3 cm³/mol. The smallest absolute Gasteiger partial charge is 0.0486 e. The Labute approximate surface area is 109 Å². The molecule has 0 aliphatic rings. The lowest BCUT2D eigenvalue weighted by molar-refractivity contribution is 0.788. The van der Waals surface area contributed by atoms with Gasteiger partial charge in [-0.25, -0.2) is 0 Å². The highest BCUT2D eigenvalue weighted by Crippen LogP contribution is 2.31. The van der Waals surface area contributed by atoms with E-state index in [1.807, 2.05) is 18.2 Å². The third-order valence-corrected chi connectivity index (χ3v) is 2.97. The van der Waals surface area contributed by atoms with Crippen LogP contribution in [0.3, 0.4) is 0 Å². The zero-order chi connectivity index (χ0) is 13.0. The number of anilines is 2. The maximum atomic E-state index is 3.90. The van der Waals surface area contributed by atoms with Gasteiger partial charge in [-0.05, 0) is 37.6 Å². The SMILES string of the molecule is C=Cc1ccccc1N(c1ccccc1)C(C)C. The van der Waals surface area contributed by atoms with Crippen LogP contribution in [0, 0.1) is 0 Å². The first-order valence-electron chi connectivity index (χ1n) is 6.30. The van der Waals surface area contributed by atoms with Crippen LogP contribution in [-0.2, 0) is 0 Å². The van der Waals surface area contributed by atoms with Gasteiger partial charge in [0, 0.05) is 17.4 Å². The molecule has 18 heavy (non-hydrogen) atoms. The number of rotatable bonds is 4. The van der Waals surface area contributed by atoms with Crippen LogP contribution in [0.5, 0.6) is 0 Å². The van der Waals surface area contributed by atoms with E-state index in [1.54, 1.807) is 0 Å². The Bertz CT molecular complexity index is 514. The summed E-state index contributed by atoms with van der Waals surface area (Å²) in [6.45, 7) is 8.30. The van der Waals surface area contributed by atoms with Crippen LogP contribution < -0.4 is 4.90 Å². The molecule has 2 rings (SSSR count). The fourth-order valence-electron chi connectivity index (χ4n) is 2.18. The summed E-state index contributed by atoms with van der Waals surface area (Å²) in [6.07, 6.45) is 1.91. The monoisotopic (exact) mass is 237 g/mol. The molecular weight excluding hydrogens is 218 g/mol. The number of nitrogens with zero attached hydrogens (tertiary/aromatic N) is 1. The topological polar surface area (TPSA) is 3.24 Å². The van der Waals surface area contributed by atoms with Gasteiger partial charge in [0.1, 0.15) is 0 Å². The van der Waals surface area contributed by atoms with E-state index in [4.69, 9.17) is 0 Å². The normalized spacial score (nSPS) is 10.4. The van der Waals surface area contributed by atoms with E-state index in [0.29, 0.717) is 6.04 Å². The third kappa shape index (κ3) is 2.45. The standard InChI is InChI=1S/C17H19N/c1-4-15-10-8-9-13-17(15)18(14(2)3)16-11-6-5-7-12-16/h4-14H,1H2,2-3H3. The molecule has 0 unspecified atom stereocenters. The van der Waals surface area contributed by atoms with Crippen LogP contribution in [0.4, 0.5) is 11.4 Å². The second-order valence-corrected chi connectivity index (χ2v) is 4.56. The van der Waals surface area contributed by atoms with Crippen molar-refractivity contribution in [3.05, 3.63) is 66.7 Å². The Kier molecular flexibility index (Phi) is 3.83. The lowest BCUT2D eigenvalue weighted by Crippen LogP contribution is -2.25. The molecule has 0 radical (unpaired) electrons. The lowest BCUT2D eigenvalue weighted by atomic mass is 10.1. The fourth-order valence-corrected chi connectivity index (χ4v) is 2.18. The van der Waals surface area contributed by atoms with E-state index in [0.717, 1.165) is 5.56 Å². The Morgan fingerprint density at radius 1 is 0.944 bits per heavy atom. The van der Waals surface area contributed by atoms with Gasteiger partial charge >= 0.3 is 0 Å². The maximum Gasteiger partial charge on any atom is 0.0486 e. The summed E-state index contributed by atoms with van der Waals surface area (Å²) >= 11 is 0. The van der Waals surface area contributed by atoms with Gasteiger partial charge in [-0.2, -0.15) is 0 Å². The lowest BCUT2D eigenvalue weighted by Gasteiger charge is -2.30. The van der Waals surface area contributed by atoms with E-state index in [1.165, 1.54) is 11.4 Å². The maximum absolute atomic E-state index is 3.90. The van der Waals surface area contributed by atoms with Gasteiger partial charge in [-0.15, -0.1) is 0 Å². The molecule has 1 heteroatoms. The molecule has 0 aromatic heterocycles. The second-order valence-electron chi connectivity index (χ2n) is 4.56. The van der Waals surface area contributed by atoms with Crippen LogP contribution in [0.2, 0.25) is 0 Å². The Hall–Kier alpha value is -2.02. The number of hydrogen-bond donors (Lipinski definition) is 0. The highest BCUT2D eigenvalue weighted by molar-refractivity contribution is 5.73. The van der Waals surface area contributed by atoms with Gasteiger partial charge in [-0.1, -0.05) is 49.1 Å². The average Bonchev–Trinajstić information content (AvgIpc) is 2.40. The van der Waals surface area contributed by atoms with E-state index >= 15 is 0 Å². The van der Waals surface area contributed by atoms with Gasteiger partial charge in [-0.3, -0.25) is 0 Å². The summed E-state index contributed by atoms with van der Waals surface area (Å²) < 4.78 is 0. The van der Waals surface area contributed by atoms with E-state index < -0.39 is 0 Å². The van der Waals surface area contributed by atoms with Gasteiger partial charge in [0.2, 0.25) is 0 Å². The summed E-state index contributed by atoms with van der Waals surface area (Å²) in [5.41, 5.74) is 3.57. The summed E-state index contributed by atoms with van der Waals surface area (Å²) in [6, 6.07) is 19.2. The molecule has 2 aromatic rings. The van der Waals surface area contributed by atoms with Gasteiger partial charge in [0.25, 0.3) is 0 Å². The third-order valence-electron chi connectivity index (χ3n) is 2.97. The molecule has 0 aliphatic heterocycles. The minimum absolute atomic E-state index is 0.397. The Balaban J connectivity index is 2.52. The molecule has 0 aliphatic carbocycles. The molecule has 0 heterocycles. The van der Waals surface area contributed by atoms with Crippen LogP contribution >= 0.6 is 0 Å². The molecule has 92 valence electrons. The average molecular weight is 237 g/mol. The van der Waals surface area contributed by atoms with Crippen LogP contribution in [0.1, 0.15) is 19.4 Å². The number of hydrogen-bond acceptors (Lipinski definition) is 1. The Morgan fingerprint density at radius 3 is 2.17 bits per heavy atom. The summed E-state index contributed by atoms with van der Waals surface area (Å²) in [7, 11) is 0. The molecule has 0 atom stereocenters. The van der Waals surface area contributed by atoms with Crippen molar-refractivity contribution in [2.45, 2.75) is 19.9 Å². The van der Waals surface area contributed by atoms with Crippen molar-refractivity contribution >= 4 is 17.5 Å². The van der Waals surface area contributed by atoms with Gasteiger partial charge < -0.3 is 4.90 Å². The number of para-hydroxylation sites is 2. The summed E-state index contributed by atoms with van der Waals surface area (Å²) in [5.74, 6) is 0. The zero-order valence-electron chi connectivity index (χ0n) is 11.0. The van der Waals surface area contributed by atoms with Gasteiger partial charge in [0.05, 0.1) is 0 Å². The van der Waals surface area contributed by atoms with E-state index in [-0.39, 0.29) is 0 Å². The highest BCUT2D eigenvalue weighted by Gasteiger charge is 2.14. The van der Waals surface area contributed by atoms with Crippen molar-refractivity contribution in [3.8, 4) is 0 Å². The highest BCUT2D eigenvalue weighted by atomic mass is 15.2. The molecule has 0 saturated carbocycles. The van der Waals surface area contributed by atoms with Gasteiger partial charge in [0.15, 0.2) is 0 Å².